The first-order valence-electron chi connectivity index (χ1n) is 13.0. The van der Waals surface area contributed by atoms with Crippen molar-refractivity contribution in [2.45, 2.75) is 38.3 Å². The normalized spacial score (nSPS) is 17.0. The van der Waals surface area contributed by atoms with Gasteiger partial charge in [-0.3, -0.25) is 9.79 Å². The van der Waals surface area contributed by atoms with Crippen molar-refractivity contribution in [1.29, 1.82) is 0 Å². The Hall–Kier alpha value is -4.27. The number of ether oxygens (including phenoxy) is 1. The monoisotopic (exact) mass is 510 g/mol. The van der Waals surface area contributed by atoms with E-state index in [2.05, 4.69) is 25.2 Å². The molecule has 2 aromatic carbocycles. The largest absolute Gasteiger partial charge is 0.497 e. The molecule has 4 heterocycles. The Kier molecular flexibility index (Phi) is 6.49. The second-order valence-corrected chi connectivity index (χ2v) is 9.94. The predicted octanol–water partition coefficient (Wildman–Crippen LogP) is 3.90. The number of benzene rings is 2. The summed E-state index contributed by atoms with van der Waals surface area (Å²) in [5.74, 6) is 1.51. The van der Waals surface area contributed by atoms with Gasteiger partial charge >= 0.3 is 6.03 Å². The molecule has 1 fully saturated rings. The van der Waals surface area contributed by atoms with Crippen molar-refractivity contribution in [2.75, 3.05) is 37.0 Å². The predicted molar refractivity (Wildman–Crippen MR) is 145 cm³/mol. The van der Waals surface area contributed by atoms with E-state index < -0.39 is 0 Å². The van der Waals surface area contributed by atoms with Crippen molar-refractivity contribution in [3.63, 3.8) is 0 Å². The Morgan fingerprint density at radius 1 is 1.08 bits per heavy atom. The smallest absolute Gasteiger partial charge is 0.322 e. The number of hydrogen-bond acceptors (Lipinski definition) is 7. The quantitative estimate of drug-likeness (QED) is 0.505. The van der Waals surface area contributed by atoms with Crippen molar-refractivity contribution in [1.82, 2.24) is 14.9 Å². The molecule has 0 saturated carbocycles. The Morgan fingerprint density at radius 3 is 2.79 bits per heavy atom. The number of amides is 2. The lowest BCUT2D eigenvalue weighted by molar-refractivity contribution is 0.0988. The Bertz CT molecular complexity index is 1410. The lowest BCUT2D eigenvalue weighted by Gasteiger charge is -2.38. The van der Waals surface area contributed by atoms with Gasteiger partial charge in [-0.15, -0.1) is 0 Å². The standard InChI is InChI=1S/C29H30N6O3/c1-38-23-5-6-25-20(13-23)7-12-35(29(37)33-25)22-8-10-34(11-9-22)28-15-26(31-18-32-28)27(36)14-19-3-2-4-21-16-30-17-24(19)21/h2-6,13,15,17-18,22H,7-12,14,16H2,1H3,(H,33,37). The molecule has 9 heteroatoms. The number of piperidine rings is 1. The third-order valence-electron chi connectivity index (χ3n) is 7.72. The first-order chi connectivity index (χ1) is 18.6. The highest BCUT2D eigenvalue weighted by Crippen LogP contribution is 2.29. The fourth-order valence-electron chi connectivity index (χ4n) is 5.61. The lowest BCUT2D eigenvalue weighted by atomic mass is 9.98. The molecule has 1 aromatic heterocycles. The molecule has 0 unspecified atom stereocenters. The van der Waals surface area contributed by atoms with E-state index in [9.17, 15) is 9.59 Å². The third kappa shape index (κ3) is 4.71. The van der Waals surface area contributed by atoms with E-state index >= 15 is 0 Å². The van der Waals surface area contributed by atoms with Crippen molar-refractivity contribution < 1.29 is 14.3 Å². The number of aliphatic imine (C=N–C) groups is 1. The van der Waals surface area contributed by atoms with E-state index in [0.717, 1.165) is 71.9 Å². The Balaban J connectivity index is 1.09. The molecule has 0 bridgehead atoms. The molecule has 9 nitrogen and oxygen atoms in total. The number of rotatable bonds is 6. The molecule has 3 aliphatic rings. The maximum Gasteiger partial charge on any atom is 0.322 e. The number of carbonyl (C=O) groups is 2. The van der Waals surface area contributed by atoms with Crippen LogP contribution in [0.5, 0.6) is 5.75 Å². The van der Waals surface area contributed by atoms with Crippen LogP contribution in [0.15, 0.2) is 53.8 Å². The first-order valence-corrected chi connectivity index (χ1v) is 13.0. The number of Topliss-reactive ketones (excluding diaryl/α,β-unsaturated/α-hetero) is 1. The highest BCUT2D eigenvalue weighted by Gasteiger charge is 2.31. The molecule has 194 valence electrons. The van der Waals surface area contributed by atoms with Crippen LogP contribution in [-0.4, -0.2) is 65.7 Å². The maximum absolute atomic E-state index is 13.1. The van der Waals surface area contributed by atoms with Crippen LogP contribution in [0.3, 0.4) is 0 Å². The Labute approximate surface area is 221 Å². The van der Waals surface area contributed by atoms with Crippen molar-refractivity contribution >= 4 is 29.5 Å². The molecule has 2 amide bonds. The van der Waals surface area contributed by atoms with Crippen LogP contribution in [0.1, 0.15) is 45.6 Å². The number of urea groups is 1. The number of aromatic nitrogens is 2. The minimum atomic E-state index is -0.0558. The summed E-state index contributed by atoms with van der Waals surface area (Å²) in [4.78, 5) is 43.3. The summed E-state index contributed by atoms with van der Waals surface area (Å²) in [6, 6.07) is 13.7. The van der Waals surface area contributed by atoms with E-state index in [1.807, 2.05) is 47.5 Å². The van der Waals surface area contributed by atoms with Crippen LogP contribution in [0.25, 0.3) is 0 Å². The van der Waals surface area contributed by atoms with Crippen molar-refractivity contribution in [3.05, 3.63) is 76.7 Å². The topological polar surface area (TPSA) is 100 Å². The highest BCUT2D eigenvalue weighted by atomic mass is 16.5. The average Bonchev–Trinajstić information content (AvgIpc) is 3.38. The molecule has 1 saturated heterocycles. The number of carbonyl (C=O) groups excluding carboxylic acids is 2. The summed E-state index contributed by atoms with van der Waals surface area (Å²) in [5.41, 5.74) is 5.54. The molecular formula is C29H30N6O3. The van der Waals surface area contributed by atoms with Gasteiger partial charge in [0.05, 0.1) is 13.7 Å². The zero-order valence-electron chi connectivity index (χ0n) is 21.4. The number of ketones is 1. The van der Waals surface area contributed by atoms with E-state index in [1.54, 1.807) is 13.2 Å². The van der Waals surface area contributed by atoms with Crippen LogP contribution < -0.4 is 15.0 Å². The molecule has 6 rings (SSSR count). The maximum atomic E-state index is 13.1. The minimum Gasteiger partial charge on any atom is -0.497 e. The fourth-order valence-corrected chi connectivity index (χ4v) is 5.61. The summed E-state index contributed by atoms with van der Waals surface area (Å²) >= 11 is 0. The summed E-state index contributed by atoms with van der Waals surface area (Å²) in [6.07, 6.45) is 6.05. The van der Waals surface area contributed by atoms with Crippen LogP contribution in [0.2, 0.25) is 0 Å². The van der Waals surface area contributed by atoms with Crippen LogP contribution in [0, 0.1) is 0 Å². The van der Waals surface area contributed by atoms with Gasteiger partial charge in [-0.05, 0) is 54.2 Å². The van der Waals surface area contributed by atoms with Gasteiger partial charge in [-0.25, -0.2) is 14.8 Å². The van der Waals surface area contributed by atoms with Crippen LogP contribution >= 0.6 is 0 Å². The minimum absolute atomic E-state index is 0.0327. The van der Waals surface area contributed by atoms with Crippen molar-refractivity contribution in [2.24, 2.45) is 4.99 Å². The lowest BCUT2D eigenvalue weighted by Crippen LogP contribution is -2.49. The summed E-state index contributed by atoms with van der Waals surface area (Å²) in [5, 5.41) is 3.07. The van der Waals surface area contributed by atoms with Gasteiger partial charge in [-0.2, -0.15) is 0 Å². The molecule has 0 spiro atoms. The summed E-state index contributed by atoms with van der Waals surface area (Å²) < 4.78 is 5.35. The number of nitrogens with zero attached hydrogens (tertiary/aromatic N) is 5. The number of fused-ring (bicyclic) bond motifs is 2. The van der Waals surface area contributed by atoms with Gasteiger partial charge in [0.15, 0.2) is 5.78 Å². The summed E-state index contributed by atoms with van der Waals surface area (Å²) in [7, 11) is 1.65. The van der Waals surface area contributed by atoms with Gasteiger partial charge in [-0.1, -0.05) is 18.2 Å². The number of anilines is 2. The zero-order chi connectivity index (χ0) is 26.1. The zero-order valence-corrected chi connectivity index (χ0v) is 21.4. The second kappa shape index (κ2) is 10.2. The van der Waals surface area contributed by atoms with Gasteiger partial charge in [0.2, 0.25) is 0 Å². The molecule has 0 aliphatic carbocycles. The van der Waals surface area contributed by atoms with Crippen LogP contribution in [-0.2, 0) is 19.4 Å². The second-order valence-electron chi connectivity index (χ2n) is 9.94. The van der Waals surface area contributed by atoms with E-state index in [-0.39, 0.29) is 24.3 Å². The van der Waals surface area contributed by atoms with Gasteiger partial charge in [0.1, 0.15) is 23.6 Å². The van der Waals surface area contributed by atoms with Crippen LogP contribution in [0.4, 0.5) is 16.3 Å². The number of methoxy groups -OCH3 is 1. The molecule has 0 atom stereocenters. The van der Waals surface area contributed by atoms with E-state index in [1.165, 1.54) is 6.33 Å². The molecule has 1 N–H and O–H groups in total. The number of nitrogens with one attached hydrogen (secondary N) is 1. The average molecular weight is 511 g/mol. The molecule has 3 aliphatic heterocycles. The molecule has 0 radical (unpaired) electrons. The SMILES string of the molecule is COc1ccc2c(c1)CCN(C1CCN(c3cc(C(=O)Cc4cccc5c4C=NC5)ncn3)CC1)C(=O)N2. The van der Waals surface area contributed by atoms with Gasteiger partial charge in [0.25, 0.3) is 0 Å². The first kappa shape index (κ1) is 24.1. The molecular weight excluding hydrogens is 480 g/mol. The fraction of sp³-hybridized carbons (Fsp3) is 0.345. The molecule has 3 aromatic rings. The summed E-state index contributed by atoms with van der Waals surface area (Å²) in [6.45, 7) is 2.84. The third-order valence-corrected chi connectivity index (χ3v) is 7.72. The van der Waals surface area contributed by atoms with E-state index in [0.29, 0.717) is 18.8 Å². The van der Waals surface area contributed by atoms with Crippen molar-refractivity contribution in [3.8, 4) is 5.75 Å². The van der Waals surface area contributed by atoms with E-state index in [4.69, 9.17) is 4.74 Å². The van der Waals surface area contributed by atoms with Gasteiger partial charge < -0.3 is 19.9 Å². The molecule has 38 heavy (non-hydrogen) atoms. The van der Waals surface area contributed by atoms with Gasteiger partial charge in [0, 0.05) is 55.6 Å². The highest BCUT2D eigenvalue weighted by molar-refractivity contribution is 5.98. The number of hydrogen-bond donors (Lipinski definition) is 1. The Morgan fingerprint density at radius 2 is 1.95 bits per heavy atom.